The molecule has 1 saturated heterocycles. The first kappa shape index (κ1) is 24.7. The lowest BCUT2D eigenvalue weighted by Crippen LogP contribution is -2.37. The van der Waals surface area contributed by atoms with Crippen molar-refractivity contribution in [1.82, 2.24) is 4.90 Å². The molecule has 2 heterocycles. The molecule has 0 bridgehead atoms. The molecule has 0 spiro atoms. The summed E-state index contributed by atoms with van der Waals surface area (Å²) in [4.78, 5) is 27.2. The molecule has 37 heavy (non-hydrogen) atoms. The van der Waals surface area contributed by atoms with E-state index in [0.717, 1.165) is 30.5 Å². The lowest BCUT2D eigenvalue weighted by molar-refractivity contribution is -0.137. The van der Waals surface area contributed by atoms with Crippen molar-refractivity contribution < 1.29 is 32.2 Å². The van der Waals surface area contributed by atoms with Crippen LogP contribution >= 0.6 is 0 Å². The fourth-order valence-electron chi connectivity index (χ4n) is 4.69. The van der Waals surface area contributed by atoms with Crippen LogP contribution in [-0.4, -0.2) is 43.0 Å². The molecule has 2 aliphatic heterocycles. The number of nitrogens with one attached hydrogen (secondary N) is 1. The number of piperidine rings is 1. The van der Waals surface area contributed by atoms with Gasteiger partial charge in [-0.15, -0.1) is 0 Å². The van der Waals surface area contributed by atoms with Crippen LogP contribution in [0.5, 0.6) is 11.5 Å². The largest absolute Gasteiger partial charge is 0.486 e. The Kier molecular flexibility index (Phi) is 6.78. The number of fused-ring (bicyclic) bond motifs is 1. The van der Waals surface area contributed by atoms with E-state index in [0.29, 0.717) is 49.1 Å². The molecule has 0 unspecified atom stereocenters. The smallest absolute Gasteiger partial charge is 0.416 e. The monoisotopic (exact) mass is 510 g/mol. The van der Waals surface area contributed by atoms with E-state index in [9.17, 15) is 22.8 Å². The summed E-state index contributed by atoms with van der Waals surface area (Å²) in [6.07, 6.45) is -2.94. The molecule has 2 amide bonds. The molecule has 1 fully saturated rings. The average molecular weight is 511 g/mol. The lowest BCUT2D eigenvalue weighted by Gasteiger charge is -2.32. The Labute approximate surface area is 212 Å². The van der Waals surface area contributed by atoms with Crippen LogP contribution in [0.25, 0.3) is 0 Å². The van der Waals surface area contributed by atoms with Crippen molar-refractivity contribution in [3.8, 4) is 11.5 Å². The molecule has 3 aromatic rings. The number of anilines is 1. The highest BCUT2D eigenvalue weighted by atomic mass is 19.4. The van der Waals surface area contributed by atoms with Gasteiger partial charge in [-0.2, -0.15) is 13.2 Å². The van der Waals surface area contributed by atoms with Gasteiger partial charge in [0.2, 0.25) is 0 Å². The Morgan fingerprint density at radius 1 is 0.865 bits per heavy atom. The second-order valence-corrected chi connectivity index (χ2v) is 9.05. The van der Waals surface area contributed by atoms with Gasteiger partial charge in [-0.05, 0) is 72.9 Å². The molecule has 5 rings (SSSR count). The average Bonchev–Trinajstić information content (AvgIpc) is 2.92. The number of para-hydroxylation sites is 1. The normalized spacial score (nSPS) is 15.8. The number of hydrogen-bond acceptors (Lipinski definition) is 4. The molecule has 6 nitrogen and oxygen atoms in total. The van der Waals surface area contributed by atoms with Gasteiger partial charge in [0.05, 0.1) is 11.1 Å². The van der Waals surface area contributed by atoms with Gasteiger partial charge in [0.1, 0.15) is 13.2 Å². The van der Waals surface area contributed by atoms with Crippen LogP contribution < -0.4 is 14.8 Å². The van der Waals surface area contributed by atoms with Crippen molar-refractivity contribution in [1.29, 1.82) is 0 Å². The Hall–Kier alpha value is -4.01. The molecule has 0 radical (unpaired) electrons. The number of carbonyl (C=O) groups is 2. The third-order valence-corrected chi connectivity index (χ3v) is 6.69. The van der Waals surface area contributed by atoms with Crippen LogP contribution in [0.2, 0.25) is 0 Å². The molecule has 0 aliphatic carbocycles. The first-order valence-corrected chi connectivity index (χ1v) is 12.1. The van der Waals surface area contributed by atoms with Crippen LogP contribution in [0.15, 0.2) is 66.7 Å². The number of carbonyl (C=O) groups excluding carboxylic acids is 2. The maximum atomic E-state index is 12.8. The van der Waals surface area contributed by atoms with Gasteiger partial charge in [0.15, 0.2) is 11.5 Å². The zero-order valence-electron chi connectivity index (χ0n) is 19.9. The minimum Gasteiger partial charge on any atom is -0.486 e. The van der Waals surface area contributed by atoms with Gasteiger partial charge in [-0.25, -0.2) is 0 Å². The van der Waals surface area contributed by atoms with Gasteiger partial charge >= 0.3 is 6.18 Å². The van der Waals surface area contributed by atoms with E-state index in [4.69, 9.17) is 9.47 Å². The summed E-state index contributed by atoms with van der Waals surface area (Å²) in [6, 6.07) is 17.2. The Morgan fingerprint density at radius 3 is 2.22 bits per heavy atom. The third kappa shape index (κ3) is 5.40. The van der Waals surface area contributed by atoms with Crippen molar-refractivity contribution in [2.75, 3.05) is 31.6 Å². The Balaban J connectivity index is 1.17. The number of amides is 2. The maximum absolute atomic E-state index is 12.8. The summed E-state index contributed by atoms with van der Waals surface area (Å²) in [5.41, 5.74) is 1.65. The zero-order valence-corrected chi connectivity index (χ0v) is 19.9. The van der Waals surface area contributed by atoms with Crippen LogP contribution in [0, 0.1) is 0 Å². The summed E-state index contributed by atoms with van der Waals surface area (Å²) < 4.78 is 49.5. The lowest BCUT2D eigenvalue weighted by atomic mass is 9.89. The highest BCUT2D eigenvalue weighted by Crippen LogP contribution is 2.35. The van der Waals surface area contributed by atoms with E-state index in [-0.39, 0.29) is 23.3 Å². The van der Waals surface area contributed by atoms with E-state index in [1.165, 1.54) is 12.1 Å². The molecule has 1 N–H and O–H groups in total. The number of rotatable bonds is 4. The Bertz CT molecular complexity index is 1280. The van der Waals surface area contributed by atoms with Crippen LogP contribution in [-0.2, 0) is 6.18 Å². The predicted octanol–water partition coefficient (Wildman–Crippen LogP) is 5.75. The quantitative estimate of drug-likeness (QED) is 0.486. The molecule has 0 aromatic heterocycles. The van der Waals surface area contributed by atoms with Gasteiger partial charge < -0.3 is 19.7 Å². The zero-order chi connectivity index (χ0) is 26.0. The Morgan fingerprint density at radius 2 is 1.54 bits per heavy atom. The van der Waals surface area contributed by atoms with Crippen molar-refractivity contribution in [2.24, 2.45) is 0 Å². The van der Waals surface area contributed by atoms with Crippen molar-refractivity contribution in [3.63, 3.8) is 0 Å². The van der Waals surface area contributed by atoms with Crippen molar-refractivity contribution in [3.05, 3.63) is 89.0 Å². The van der Waals surface area contributed by atoms with E-state index < -0.39 is 11.7 Å². The molecule has 2 aliphatic rings. The SMILES string of the molecule is O=C(Nc1ccc(C2CCN(C(=O)c3ccc(C(F)(F)F)cc3)CC2)cc1)c1cccc2c1OCCO2. The fraction of sp³-hybridized carbons (Fsp3) is 0.286. The number of hydrogen-bond donors (Lipinski definition) is 1. The van der Waals surface area contributed by atoms with E-state index in [2.05, 4.69) is 5.32 Å². The number of nitrogens with zero attached hydrogens (tertiary/aromatic N) is 1. The fourth-order valence-corrected chi connectivity index (χ4v) is 4.69. The summed E-state index contributed by atoms with van der Waals surface area (Å²) in [7, 11) is 0. The van der Waals surface area contributed by atoms with Crippen LogP contribution in [0.4, 0.5) is 18.9 Å². The standard InChI is InChI=1S/C28H25F3N2O4/c29-28(30,31)21-8-4-20(5-9-21)27(35)33-14-12-19(13-15-33)18-6-10-22(11-7-18)32-26(34)23-2-1-3-24-25(23)37-17-16-36-24/h1-11,19H,12-17H2,(H,32,34). The summed E-state index contributed by atoms with van der Waals surface area (Å²) in [5, 5.41) is 2.89. The van der Waals surface area contributed by atoms with Gasteiger partial charge in [-0.1, -0.05) is 18.2 Å². The summed E-state index contributed by atoms with van der Waals surface area (Å²) in [5.74, 6) is 0.693. The first-order valence-electron chi connectivity index (χ1n) is 12.1. The molecule has 3 aromatic carbocycles. The number of alkyl halides is 3. The highest BCUT2D eigenvalue weighted by Gasteiger charge is 2.31. The van der Waals surface area contributed by atoms with Crippen LogP contribution in [0.1, 0.15) is 50.6 Å². The topological polar surface area (TPSA) is 67.9 Å². The molecular weight excluding hydrogens is 485 g/mol. The van der Waals surface area contributed by atoms with E-state index >= 15 is 0 Å². The highest BCUT2D eigenvalue weighted by molar-refractivity contribution is 6.06. The number of ether oxygens (including phenoxy) is 2. The van der Waals surface area contributed by atoms with Crippen molar-refractivity contribution >= 4 is 17.5 Å². The molecule has 0 atom stereocenters. The molecule has 192 valence electrons. The van der Waals surface area contributed by atoms with Gasteiger partial charge in [0.25, 0.3) is 11.8 Å². The molecular formula is C28H25F3N2O4. The molecule has 9 heteroatoms. The first-order chi connectivity index (χ1) is 17.8. The predicted molar refractivity (Wildman–Crippen MR) is 131 cm³/mol. The number of halogens is 3. The molecule has 0 saturated carbocycles. The van der Waals surface area contributed by atoms with E-state index in [1.54, 1.807) is 23.1 Å². The number of likely N-dealkylation sites (tertiary alicyclic amines) is 1. The van der Waals surface area contributed by atoms with Gasteiger partial charge in [0, 0.05) is 24.3 Å². The third-order valence-electron chi connectivity index (χ3n) is 6.69. The minimum absolute atomic E-state index is 0.244. The van der Waals surface area contributed by atoms with Crippen molar-refractivity contribution in [2.45, 2.75) is 24.9 Å². The minimum atomic E-state index is -4.43. The van der Waals surface area contributed by atoms with E-state index in [1.807, 2.05) is 24.3 Å². The summed E-state index contributed by atoms with van der Waals surface area (Å²) >= 11 is 0. The second-order valence-electron chi connectivity index (χ2n) is 9.05. The number of benzene rings is 3. The summed E-state index contributed by atoms with van der Waals surface area (Å²) in [6.45, 7) is 1.87. The van der Waals surface area contributed by atoms with Crippen LogP contribution in [0.3, 0.4) is 0 Å². The maximum Gasteiger partial charge on any atom is 0.416 e. The van der Waals surface area contributed by atoms with Gasteiger partial charge in [-0.3, -0.25) is 9.59 Å². The second kappa shape index (κ2) is 10.2.